The maximum atomic E-state index is 9.27. The summed E-state index contributed by atoms with van der Waals surface area (Å²) in [6.07, 6.45) is 16.8. The first kappa shape index (κ1) is 42.6. The van der Waals surface area contributed by atoms with Crippen LogP contribution in [0, 0.1) is 17.2 Å². The van der Waals surface area contributed by atoms with Crippen molar-refractivity contribution in [2.45, 2.75) is 112 Å². The molecular formula is C40H64N4. The van der Waals surface area contributed by atoms with Crippen molar-refractivity contribution in [3.63, 3.8) is 0 Å². The molecule has 0 saturated carbocycles. The van der Waals surface area contributed by atoms with E-state index in [4.69, 9.17) is 0 Å². The molecule has 1 aromatic heterocycles. The van der Waals surface area contributed by atoms with Gasteiger partial charge in [-0.3, -0.25) is 0 Å². The van der Waals surface area contributed by atoms with E-state index in [2.05, 4.69) is 125 Å². The lowest BCUT2D eigenvalue weighted by atomic mass is 9.99. The maximum absolute atomic E-state index is 9.27. The number of aryl methyl sites for hydroxylation is 2. The second-order valence-corrected chi connectivity index (χ2v) is 10.9. The van der Waals surface area contributed by atoms with Crippen LogP contribution in [0.25, 0.3) is 0 Å². The van der Waals surface area contributed by atoms with E-state index in [1.54, 1.807) is 0 Å². The van der Waals surface area contributed by atoms with Crippen molar-refractivity contribution >= 4 is 5.69 Å². The zero-order valence-electron chi connectivity index (χ0n) is 29.5. The van der Waals surface area contributed by atoms with Crippen LogP contribution in [0.1, 0.15) is 115 Å². The number of benzene rings is 2. The third kappa shape index (κ3) is 18.9. The Balaban J connectivity index is 0. The van der Waals surface area contributed by atoms with Gasteiger partial charge in [0.25, 0.3) is 0 Å². The fourth-order valence-corrected chi connectivity index (χ4v) is 4.71. The van der Waals surface area contributed by atoms with Crippen LogP contribution in [0.5, 0.6) is 0 Å². The molecule has 0 spiro atoms. The second-order valence-electron chi connectivity index (χ2n) is 10.9. The first-order chi connectivity index (χ1) is 21.4. The molecule has 0 radical (unpaired) electrons. The van der Waals surface area contributed by atoms with E-state index in [0.29, 0.717) is 5.92 Å². The molecule has 0 unspecified atom stereocenters. The lowest BCUT2D eigenvalue weighted by Gasteiger charge is -2.30. The fraction of sp³-hybridized carbons (Fsp3) is 0.500. The lowest BCUT2D eigenvalue weighted by Crippen LogP contribution is -2.30. The normalized spacial score (nSPS) is 10.1. The zero-order chi connectivity index (χ0) is 33.6. The molecule has 0 N–H and O–H groups in total. The van der Waals surface area contributed by atoms with Gasteiger partial charge in [-0.15, -0.1) is 26.3 Å². The molecule has 0 saturated heterocycles. The van der Waals surface area contributed by atoms with Crippen molar-refractivity contribution in [1.29, 1.82) is 5.26 Å². The molecule has 44 heavy (non-hydrogen) atoms. The molecule has 0 aliphatic rings. The second kappa shape index (κ2) is 29.5. The van der Waals surface area contributed by atoms with Gasteiger partial charge in [0, 0.05) is 25.5 Å². The molecule has 244 valence electrons. The van der Waals surface area contributed by atoms with Crippen molar-refractivity contribution in [1.82, 2.24) is 9.55 Å². The quantitative estimate of drug-likeness (QED) is 0.137. The average molecular weight is 601 g/mol. The molecule has 1 heterocycles. The number of unbranched alkanes of at least 4 members (excludes halogenated alkanes) is 6. The number of anilines is 1. The van der Waals surface area contributed by atoms with Crippen LogP contribution >= 0.6 is 0 Å². The van der Waals surface area contributed by atoms with E-state index in [0.717, 1.165) is 31.5 Å². The Morgan fingerprint density at radius 1 is 0.841 bits per heavy atom. The Kier molecular flexibility index (Phi) is 28.5. The third-order valence-corrected chi connectivity index (χ3v) is 7.07. The first-order valence-corrected chi connectivity index (χ1v) is 16.7. The van der Waals surface area contributed by atoms with Crippen molar-refractivity contribution in [3.05, 3.63) is 110 Å². The molecular weight excluding hydrogens is 536 g/mol. The highest BCUT2D eigenvalue weighted by molar-refractivity contribution is 5.57. The molecule has 3 rings (SSSR count). The van der Waals surface area contributed by atoms with E-state index in [-0.39, 0.29) is 0 Å². The van der Waals surface area contributed by atoms with Crippen LogP contribution in [-0.4, -0.2) is 16.1 Å². The predicted octanol–water partition coefficient (Wildman–Crippen LogP) is 11.5. The van der Waals surface area contributed by atoms with Gasteiger partial charge in [-0.1, -0.05) is 123 Å². The average Bonchev–Trinajstić information content (AvgIpc) is 3.47. The molecule has 1 atom stereocenters. The minimum absolute atomic E-state index is 0.496. The maximum Gasteiger partial charge on any atom is 0.0991 e. The Morgan fingerprint density at radius 3 is 1.89 bits per heavy atom. The Hall–Kier alpha value is -3.58. The van der Waals surface area contributed by atoms with Crippen LogP contribution < -0.4 is 4.90 Å². The molecule has 0 bridgehead atoms. The summed E-state index contributed by atoms with van der Waals surface area (Å²) in [6, 6.07) is 19.0. The Morgan fingerprint density at radius 2 is 1.43 bits per heavy atom. The summed E-state index contributed by atoms with van der Waals surface area (Å²) in [6.45, 7) is 27.1. The van der Waals surface area contributed by atoms with Gasteiger partial charge >= 0.3 is 0 Å². The summed E-state index contributed by atoms with van der Waals surface area (Å²) in [5.41, 5.74) is 5.69. The molecule has 4 nitrogen and oxygen atoms in total. The third-order valence-electron chi connectivity index (χ3n) is 7.07. The number of rotatable bonds is 14. The van der Waals surface area contributed by atoms with Gasteiger partial charge in [-0.25, -0.2) is 4.98 Å². The summed E-state index contributed by atoms with van der Waals surface area (Å²) in [5.74, 6) is 0.496. The first-order valence-electron chi connectivity index (χ1n) is 16.7. The highest BCUT2D eigenvalue weighted by Gasteiger charge is 2.17. The molecule has 0 aliphatic carbocycles. The Bertz CT molecular complexity index is 1090. The van der Waals surface area contributed by atoms with Crippen molar-refractivity contribution in [2.75, 3.05) is 11.4 Å². The van der Waals surface area contributed by atoms with Crippen LogP contribution in [0.4, 0.5) is 5.69 Å². The summed E-state index contributed by atoms with van der Waals surface area (Å²) < 4.78 is 2.07. The molecule has 0 aliphatic heterocycles. The largest absolute Gasteiger partial charge is 0.365 e. The van der Waals surface area contributed by atoms with Crippen molar-refractivity contribution in [3.8, 4) is 6.07 Å². The SMILES string of the molecule is C=C.C=C.CCCCC.CCCCCCC.CCc1cc(C#N)ccc1N(Cc1cncn1C)C[C@H](C)Cc1ccccc1. The van der Waals surface area contributed by atoms with E-state index in [1.165, 1.54) is 73.9 Å². The fourth-order valence-electron chi connectivity index (χ4n) is 4.71. The number of aromatic nitrogens is 2. The van der Waals surface area contributed by atoms with Gasteiger partial charge < -0.3 is 9.47 Å². The molecule has 2 aromatic carbocycles. The summed E-state index contributed by atoms with van der Waals surface area (Å²) >= 11 is 0. The summed E-state index contributed by atoms with van der Waals surface area (Å²) in [7, 11) is 2.04. The summed E-state index contributed by atoms with van der Waals surface area (Å²) in [5, 5.41) is 9.27. The highest BCUT2D eigenvalue weighted by atomic mass is 15.2. The van der Waals surface area contributed by atoms with Gasteiger partial charge in [-0.2, -0.15) is 5.26 Å². The smallest absolute Gasteiger partial charge is 0.0991 e. The predicted molar refractivity (Wildman–Crippen MR) is 196 cm³/mol. The highest BCUT2D eigenvalue weighted by Crippen LogP contribution is 2.26. The van der Waals surface area contributed by atoms with Gasteiger partial charge in [0.05, 0.1) is 30.2 Å². The number of nitrogens with zero attached hydrogens (tertiary/aromatic N) is 4. The number of nitriles is 1. The van der Waals surface area contributed by atoms with Crippen LogP contribution in [0.15, 0.2) is 87.4 Å². The number of hydrogen-bond acceptors (Lipinski definition) is 3. The monoisotopic (exact) mass is 601 g/mol. The topological polar surface area (TPSA) is 44.9 Å². The minimum atomic E-state index is 0.496. The minimum Gasteiger partial charge on any atom is -0.365 e. The van der Waals surface area contributed by atoms with Gasteiger partial charge in [0.2, 0.25) is 0 Å². The Labute approximate surface area is 272 Å². The van der Waals surface area contributed by atoms with Crippen LogP contribution in [0.2, 0.25) is 0 Å². The van der Waals surface area contributed by atoms with Gasteiger partial charge in [-0.05, 0) is 48.1 Å². The van der Waals surface area contributed by atoms with Gasteiger partial charge in [0.15, 0.2) is 0 Å². The van der Waals surface area contributed by atoms with E-state index in [9.17, 15) is 5.26 Å². The molecule has 0 amide bonds. The molecule has 4 heteroatoms. The number of hydrogen-bond donors (Lipinski definition) is 0. The van der Waals surface area contributed by atoms with Gasteiger partial charge in [0.1, 0.15) is 0 Å². The zero-order valence-corrected chi connectivity index (χ0v) is 29.5. The van der Waals surface area contributed by atoms with E-state index >= 15 is 0 Å². The molecule has 0 fully saturated rings. The van der Waals surface area contributed by atoms with Crippen molar-refractivity contribution < 1.29 is 0 Å². The standard InChI is InChI=1S/C24H28N4.C7H16.C5H12.2C2H4/c1-4-22-13-21(14-25)10-11-24(22)28(17-23-15-26-18-27(23)3)16-19(2)12-20-8-6-5-7-9-20;1-3-5-7-6-4-2;1-3-5-4-2;2*1-2/h5-11,13,15,18-19H,4,12,16-17H2,1-3H3;3-7H2,1-2H3;3-5H2,1-2H3;2*1-2H2/t19-;;;;/m1..../s1. The molecule has 3 aromatic rings. The number of imidazole rings is 1. The van der Waals surface area contributed by atoms with E-state index < -0.39 is 0 Å². The lowest BCUT2D eigenvalue weighted by molar-refractivity contribution is 0.549. The summed E-state index contributed by atoms with van der Waals surface area (Å²) in [4.78, 5) is 6.71. The van der Waals surface area contributed by atoms with Crippen molar-refractivity contribution in [2.24, 2.45) is 13.0 Å². The van der Waals surface area contributed by atoms with Crippen LogP contribution in [-0.2, 0) is 26.4 Å². The van der Waals surface area contributed by atoms with E-state index in [1.807, 2.05) is 31.7 Å². The van der Waals surface area contributed by atoms with Crippen LogP contribution in [0.3, 0.4) is 0 Å².